The third-order valence-corrected chi connectivity index (χ3v) is 10.2. The SMILES string of the molecule is Cc1ccccc1-c1ccc2c3ccccc3n(-c3ccc(-c4nc(-c5ccccc5)nc(-c5ccccc5)n4)c(-c4cc(C(F)(F)F)cc(C(F)(F)F)c4)c3)c2c1. The first-order valence-electron chi connectivity index (χ1n) is 18.3. The zero-order chi connectivity index (χ0) is 40.2. The maximum Gasteiger partial charge on any atom is 0.416 e. The van der Waals surface area contributed by atoms with Crippen molar-refractivity contribution in [1.29, 1.82) is 0 Å². The van der Waals surface area contributed by atoms with Gasteiger partial charge in [-0.1, -0.05) is 115 Å². The molecule has 0 radical (unpaired) electrons. The second kappa shape index (κ2) is 14.1. The molecule has 0 saturated carbocycles. The minimum atomic E-state index is -5.07. The van der Waals surface area contributed by atoms with Gasteiger partial charge in [-0.05, 0) is 83.3 Å². The molecule has 9 aromatic rings. The molecular weight excluding hydrogens is 747 g/mol. The van der Waals surface area contributed by atoms with Gasteiger partial charge in [-0.3, -0.25) is 0 Å². The van der Waals surface area contributed by atoms with Crippen LogP contribution < -0.4 is 0 Å². The van der Waals surface area contributed by atoms with Crippen molar-refractivity contribution in [3.05, 3.63) is 180 Å². The molecule has 0 saturated heterocycles. The van der Waals surface area contributed by atoms with Crippen LogP contribution >= 0.6 is 0 Å². The Morgan fingerprint density at radius 2 is 0.948 bits per heavy atom. The minimum Gasteiger partial charge on any atom is -0.309 e. The highest BCUT2D eigenvalue weighted by Crippen LogP contribution is 2.43. The summed E-state index contributed by atoms with van der Waals surface area (Å²) in [4.78, 5) is 14.3. The topological polar surface area (TPSA) is 43.6 Å². The van der Waals surface area contributed by atoms with E-state index in [-0.39, 0.29) is 40.2 Å². The smallest absolute Gasteiger partial charge is 0.309 e. The van der Waals surface area contributed by atoms with E-state index in [0.29, 0.717) is 16.8 Å². The summed E-state index contributed by atoms with van der Waals surface area (Å²) in [6, 6.07) is 46.8. The first kappa shape index (κ1) is 36.6. The molecule has 0 bridgehead atoms. The molecule has 0 fully saturated rings. The van der Waals surface area contributed by atoms with Gasteiger partial charge in [0.1, 0.15) is 0 Å². The molecule has 284 valence electrons. The van der Waals surface area contributed by atoms with Gasteiger partial charge in [0, 0.05) is 33.2 Å². The van der Waals surface area contributed by atoms with Crippen molar-refractivity contribution >= 4 is 21.8 Å². The van der Waals surface area contributed by atoms with Gasteiger partial charge in [-0.2, -0.15) is 26.3 Å². The summed E-state index contributed by atoms with van der Waals surface area (Å²) in [6.45, 7) is 2.03. The van der Waals surface area contributed by atoms with Crippen molar-refractivity contribution in [2.24, 2.45) is 0 Å². The fraction of sp³-hybridized carbons (Fsp3) is 0.0625. The van der Waals surface area contributed by atoms with Crippen molar-refractivity contribution in [3.63, 3.8) is 0 Å². The van der Waals surface area contributed by atoms with E-state index in [1.807, 2.05) is 133 Å². The first-order chi connectivity index (χ1) is 27.9. The largest absolute Gasteiger partial charge is 0.416 e. The number of nitrogens with zero attached hydrogens (tertiary/aromatic N) is 4. The zero-order valence-corrected chi connectivity index (χ0v) is 30.6. The third kappa shape index (κ3) is 6.76. The molecule has 0 unspecified atom stereocenters. The van der Waals surface area contributed by atoms with Crippen molar-refractivity contribution in [2.45, 2.75) is 19.3 Å². The highest BCUT2D eigenvalue weighted by molar-refractivity contribution is 6.10. The molecule has 0 aliphatic rings. The number of aryl methyl sites for hydroxylation is 1. The Hall–Kier alpha value is -7.07. The van der Waals surface area contributed by atoms with E-state index < -0.39 is 23.5 Å². The van der Waals surface area contributed by atoms with E-state index in [4.69, 9.17) is 15.0 Å². The monoisotopic (exact) mass is 776 g/mol. The molecule has 0 aliphatic heterocycles. The third-order valence-electron chi connectivity index (χ3n) is 10.2. The molecule has 7 aromatic carbocycles. The highest BCUT2D eigenvalue weighted by Gasteiger charge is 2.37. The maximum atomic E-state index is 14.4. The Morgan fingerprint density at radius 1 is 0.397 bits per heavy atom. The number of fused-ring (bicyclic) bond motifs is 3. The van der Waals surface area contributed by atoms with E-state index in [1.54, 1.807) is 18.2 Å². The maximum absolute atomic E-state index is 14.4. The number of para-hydroxylation sites is 1. The van der Waals surface area contributed by atoms with E-state index >= 15 is 0 Å². The Kier molecular flexibility index (Phi) is 8.92. The molecule has 0 atom stereocenters. The van der Waals surface area contributed by atoms with Crippen LogP contribution in [0.4, 0.5) is 26.3 Å². The molecular formula is C48H30F6N4. The van der Waals surface area contributed by atoms with Gasteiger partial charge in [0.2, 0.25) is 0 Å². The van der Waals surface area contributed by atoms with Gasteiger partial charge in [-0.15, -0.1) is 0 Å². The van der Waals surface area contributed by atoms with Crippen LogP contribution in [0.3, 0.4) is 0 Å². The number of rotatable bonds is 6. The van der Waals surface area contributed by atoms with Crippen LogP contribution in [0.25, 0.3) is 83.9 Å². The summed E-state index contributed by atoms with van der Waals surface area (Å²) in [5.41, 5.74) is 3.58. The van der Waals surface area contributed by atoms with Gasteiger partial charge in [0.05, 0.1) is 22.2 Å². The standard InChI is InChI=1S/C48H30F6N4/c1-29-12-8-9-17-37(29)32-20-22-39-38-18-10-11-19-42(38)58(43(39)26-32)36-21-23-40(41(28-36)33-24-34(47(49,50)51)27-35(25-33)48(52,53)54)46-56-44(30-13-4-2-5-14-30)55-45(57-46)31-15-6-3-7-16-31/h2-28H,1H3. The van der Waals surface area contributed by atoms with Crippen LogP contribution in [-0.4, -0.2) is 19.5 Å². The first-order valence-corrected chi connectivity index (χ1v) is 18.3. The summed E-state index contributed by atoms with van der Waals surface area (Å²) >= 11 is 0. The van der Waals surface area contributed by atoms with Crippen LogP contribution in [0.1, 0.15) is 16.7 Å². The van der Waals surface area contributed by atoms with E-state index in [9.17, 15) is 26.3 Å². The van der Waals surface area contributed by atoms with Gasteiger partial charge in [-0.25, -0.2) is 15.0 Å². The Morgan fingerprint density at radius 3 is 1.57 bits per heavy atom. The summed E-state index contributed by atoms with van der Waals surface area (Å²) in [7, 11) is 0. The van der Waals surface area contributed by atoms with Crippen molar-refractivity contribution in [2.75, 3.05) is 0 Å². The number of benzene rings is 7. The Labute approximate surface area is 328 Å². The molecule has 0 aliphatic carbocycles. The van der Waals surface area contributed by atoms with Crippen LogP contribution in [-0.2, 0) is 12.4 Å². The lowest BCUT2D eigenvalue weighted by atomic mass is 9.94. The quantitative estimate of drug-likeness (QED) is 0.158. The van der Waals surface area contributed by atoms with E-state index in [2.05, 4.69) is 6.07 Å². The predicted molar refractivity (Wildman–Crippen MR) is 216 cm³/mol. The molecule has 0 amide bonds. The fourth-order valence-electron chi connectivity index (χ4n) is 7.46. The van der Waals surface area contributed by atoms with Crippen LogP contribution in [0, 0.1) is 6.92 Å². The zero-order valence-electron chi connectivity index (χ0n) is 30.6. The molecule has 2 aromatic heterocycles. The molecule has 4 nitrogen and oxygen atoms in total. The van der Waals surface area contributed by atoms with Gasteiger partial charge < -0.3 is 4.57 Å². The lowest BCUT2D eigenvalue weighted by Crippen LogP contribution is -2.11. The molecule has 0 spiro atoms. The second-order valence-corrected chi connectivity index (χ2v) is 14.0. The van der Waals surface area contributed by atoms with Gasteiger partial charge in [0.15, 0.2) is 17.5 Å². The van der Waals surface area contributed by atoms with Gasteiger partial charge >= 0.3 is 12.4 Å². The highest BCUT2D eigenvalue weighted by atomic mass is 19.4. The predicted octanol–water partition coefficient (Wildman–Crippen LogP) is 13.6. The molecule has 10 heteroatoms. The second-order valence-electron chi connectivity index (χ2n) is 14.0. The number of alkyl halides is 6. The summed E-state index contributed by atoms with van der Waals surface area (Å²) in [6.07, 6.45) is -10.1. The van der Waals surface area contributed by atoms with Crippen molar-refractivity contribution in [3.8, 4) is 62.1 Å². The van der Waals surface area contributed by atoms with Crippen LogP contribution in [0.5, 0.6) is 0 Å². The number of hydrogen-bond donors (Lipinski definition) is 0. The lowest BCUT2D eigenvalue weighted by Gasteiger charge is -2.18. The normalized spacial score (nSPS) is 12.1. The molecule has 58 heavy (non-hydrogen) atoms. The average molecular weight is 777 g/mol. The molecule has 2 heterocycles. The number of aromatic nitrogens is 4. The average Bonchev–Trinajstić information content (AvgIpc) is 3.57. The Bertz CT molecular complexity index is 2900. The van der Waals surface area contributed by atoms with Gasteiger partial charge in [0.25, 0.3) is 0 Å². The Balaban J connectivity index is 1.35. The van der Waals surface area contributed by atoms with Crippen molar-refractivity contribution < 1.29 is 26.3 Å². The minimum absolute atomic E-state index is 0.0688. The molecule has 0 N–H and O–H groups in total. The molecule has 9 rings (SSSR count). The van der Waals surface area contributed by atoms with E-state index in [0.717, 1.165) is 50.6 Å². The number of hydrogen-bond acceptors (Lipinski definition) is 3. The van der Waals surface area contributed by atoms with Crippen LogP contribution in [0.15, 0.2) is 164 Å². The summed E-state index contributed by atoms with van der Waals surface area (Å²) < 4.78 is 88.4. The van der Waals surface area contributed by atoms with Crippen molar-refractivity contribution in [1.82, 2.24) is 19.5 Å². The van der Waals surface area contributed by atoms with Crippen LogP contribution in [0.2, 0.25) is 0 Å². The number of halogens is 6. The fourth-order valence-corrected chi connectivity index (χ4v) is 7.46. The lowest BCUT2D eigenvalue weighted by molar-refractivity contribution is -0.143. The summed E-state index contributed by atoms with van der Waals surface area (Å²) in [5.74, 6) is 0.639. The van der Waals surface area contributed by atoms with E-state index in [1.165, 1.54) is 0 Å². The summed E-state index contributed by atoms with van der Waals surface area (Å²) in [5, 5.41) is 1.85.